The van der Waals surface area contributed by atoms with Gasteiger partial charge in [-0.3, -0.25) is 9.69 Å². The van der Waals surface area contributed by atoms with Gasteiger partial charge in [0.15, 0.2) is 0 Å². The van der Waals surface area contributed by atoms with Crippen molar-refractivity contribution in [2.75, 3.05) is 50.8 Å². The van der Waals surface area contributed by atoms with Crippen LogP contribution in [0.3, 0.4) is 0 Å². The Labute approximate surface area is 247 Å². The number of carbonyl (C=O) groups is 1. The molecule has 2 atom stereocenters. The van der Waals surface area contributed by atoms with E-state index >= 15 is 0 Å². The summed E-state index contributed by atoms with van der Waals surface area (Å²) in [5.41, 5.74) is 4.24. The number of fused-ring (bicyclic) bond motifs is 2. The first-order chi connectivity index (χ1) is 19.2. The zero-order chi connectivity index (χ0) is 28.7. The molecule has 0 N–H and O–H groups in total. The van der Waals surface area contributed by atoms with Gasteiger partial charge in [-0.05, 0) is 73.9 Å². The zero-order valence-electron chi connectivity index (χ0n) is 25.5. The Bertz CT molecular complexity index is 1100. The summed E-state index contributed by atoms with van der Waals surface area (Å²) in [6.07, 6.45) is 12.8. The van der Waals surface area contributed by atoms with E-state index in [9.17, 15) is 4.79 Å². The SMILES string of the molecule is C#CCN1CCC2=C(C1)c1c(OC(=O)CCCN3CCSCC3)cc(C(C)C(C)CCCCC)cc1OC2(C)C. The molecule has 5 nitrogen and oxygen atoms in total. The van der Waals surface area contributed by atoms with Crippen LogP contribution in [0.25, 0.3) is 5.57 Å². The van der Waals surface area contributed by atoms with Crippen molar-refractivity contribution in [3.8, 4) is 23.8 Å². The van der Waals surface area contributed by atoms with E-state index in [-0.39, 0.29) is 5.97 Å². The van der Waals surface area contributed by atoms with Gasteiger partial charge in [-0.15, -0.1) is 6.42 Å². The summed E-state index contributed by atoms with van der Waals surface area (Å²) >= 11 is 2.01. The highest BCUT2D eigenvalue weighted by Gasteiger charge is 2.39. The second-order valence-corrected chi connectivity index (χ2v) is 13.6. The smallest absolute Gasteiger partial charge is 0.311 e. The average Bonchev–Trinajstić information content (AvgIpc) is 2.92. The molecule has 1 fully saturated rings. The van der Waals surface area contributed by atoms with Crippen molar-refractivity contribution in [1.82, 2.24) is 9.80 Å². The van der Waals surface area contributed by atoms with Gasteiger partial charge in [-0.2, -0.15) is 11.8 Å². The monoisotopic (exact) mass is 566 g/mol. The van der Waals surface area contributed by atoms with Gasteiger partial charge >= 0.3 is 5.97 Å². The minimum atomic E-state index is -0.410. The average molecular weight is 567 g/mol. The Morgan fingerprint density at radius 2 is 1.93 bits per heavy atom. The van der Waals surface area contributed by atoms with Gasteiger partial charge < -0.3 is 14.4 Å². The molecule has 1 aromatic rings. The van der Waals surface area contributed by atoms with E-state index in [1.807, 2.05) is 11.8 Å². The third-order valence-corrected chi connectivity index (χ3v) is 9.99. The van der Waals surface area contributed by atoms with Crippen molar-refractivity contribution >= 4 is 23.3 Å². The van der Waals surface area contributed by atoms with Gasteiger partial charge in [0, 0.05) is 44.1 Å². The highest BCUT2D eigenvalue weighted by atomic mass is 32.2. The molecule has 6 heteroatoms. The van der Waals surface area contributed by atoms with Gasteiger partial charge in [-0.25, -0.2) is 0 Å². The first kappa shape index (κ1) is 31.0. The second-order valence-electron chi connectivity index (χ2n) is 12.4. The number of unbranched alkanes of at least 4 members (excludes halogenated alkanes) is 2. The van der Waals surface area contributed by atoms with Crippen LogP contribution in [0.5, 0.6) is 11.5 Å². The van der Waals surface area contributed by atoms with Gasteiger partial charge in [0.05, 0.1) is 12.1 Å². The van der Waals surface area contributed by atoms with Crippen molar-refractivity contribution < 1.29 is 14.3 Å². The number of hydrogen-bond donors (Lipinski definition) is 0. The number of esters is 1. The highest BCUT2D eigenvalue weighted by molar-refractivity contribution is 7.99. The van der Waals surface area contributed by atoms with Crippen molar-refractivity contribution in [2.24, 2.45) is 5.92 Å². The lowest BCUT2D eigenvalue weighted by Gasteiger charge is -2.42. The Morgan fingerprint density at radius 3 is 2.65 bits per heavy atom. The fourth-order valence-electron chi connectivity index (χ4n) is 6.39. The summed E-state index contributed by atoms with van der Waals surface area (Å²) in [4.78, 5) is 18.0. The molecule has 0 saturated carbocycles. The minimum absolute atomic E-state index is 0.155. The van der Waals surface area contributed by atoms with Crippen LogP contribution < -0.4 is 9.47 Å². The van der Waals surface area contributed by atoms with E-state index in [0.29, 0.717) is 30.6 Å². The van der Waals surface area contributed by atoms with E-state index in [1.54, 1.807) is 0 Å². The van der Waals surface area contributed by atoms with E-state index < -0.39 is 5.60 Å². The first-order valence-electron chi connectivity index (χ1n) is 15.5. The maximum atomic E-state index is 13.2. The molecule has 220 valence electrons. The number of rotatable bonds is 12. The fraction of sp³-hybridized carbons (Fsp3) is 0.676. The van der Waals surface area contributed by atoms with Crippen molar-refractivity contribution in [3.63, 3.8) is 0 Å². The van der Waals surface area contributed by atoms with E-state index in [4.69, 9.17) is 15.9 Å². The number of benzene rings is 1. The van der Waals surface area contributed by atoms with Crippen LogP contribution in [0, 0.1) is 18.3 Å². The summed E-state index contributed by atoms with van der Waals surface area (Å²) in [6.45, 7) is 16.7. The lowest BCUT2D eigenvalue weighted by Crippen LogP contribution is -2.42. The third kappa shape index (κ3) is 7.66. The third-order valence-electron chi connectivity index (χ3n) is 9.05. The number of ether oxygens (including phenoxy) is 2. The van der Waals surface area contributed by atoms with Gasteiger partial charge in [0.1, 0.15) is 17.1 Å². The standard InChI is InChI=1S/C34H50N2O3S/c1-7-9-10-12-25(3)26(4)27-22-30(38-32(37)13-11-16-35-18-20-40-21-19-35)33-28-24-36(15-8-2)17-14-29(28)34(5,6)39-31(33)23-27/h2,22-23,25-26H,7,9-21,24H2,1,3-6H3. The molecule has 0 radical (unpaired) electrons. The van der Waals surface area contributed by atoms with Crippen LogP contribution in [0.4, 0.5) is 0 Å². The summed E-state index contributed by atoms with van der Waals surface area (Å²) < 4.78 is 13.0. The predicted molar refractivity (Wildman–Crippen MR) is 168 cm³/mol. The molecule has 0 aliphatic carbocycles. The summed E-state index contributed by atoms with van der Waals surface area (Å²) in [5, 5.41) is 0. The molecule has 1 saturated heterocycles. The minimum Gasteiger partial charge on any atom is -0.483 e. The van der Waals surface area contributed by atoms with Crippen LogP contribution >= 0.6 is 11.8 Å². The number of hydrogen-bond acceptors (Lipinski definition) is 6. The molecule has 1 aromatic carbocycles. The first-order valence-corrected chi connectivity index (χ1v) is 16.6. The molecule has 2 unspecified atom stereocenters. The van der Waals surface area contributed by atoms with E-state index in [1.165, 1.54) is 53.9 Å². The maximum absolute atomic E-state index is 13.2. The molecule has 4 rings (SSSR count). The Morgan fingerprint density at radius 1 is 1.15 bits per heavy atom. The van der Waals surface area contributed by atoms with Crippen molar-refractivity contribution in [1.29, 1.82) is 0 Å². The lowest BCUT2D eigenvalue weighted by molar-refractivity contribution is -0.134. The normalized spacial score (nSPS) is 20.6. The van der Waals surface area contributed by atoms with Gasteiger partial charge in [-0.1, -0.05) is 52.4 Å². The van der Waals surface area contributed by atoms with Gasteiger partial charge in [0.25, 0.3) is 0 Å². The summed E-state index contributed by atoms with van der Waals surface area (Å²) in [7, 11) is 0. The largest absolute Gasteiger partial charge is 0.483 e. The van der Waals surface area contributed by atoms with Crippen molar-refractivity contribution in [2.45, 2.75) is 91.1 Å². The molecule has 0 amide bonds. The Balaban J connectivity index is 1.62. The Hall–Kier alpha value is -1.94. The predicted octanol–water partition coefficient (Wildman–Crippen LogP) is 7.00. The number of terminal acetylenes is 1. The summed E-state index contributed by atoms with van der Waals surface area (Å²) in [6, 6.07) is 4.35. The van der Waals surface area contributed by atoms with E-state index in [2.05, 4.69) is 62.5 Å². The topological polar surface area (TPSA) is 42.0 Å². The number of nitrogens with zero attached hydrogens (tertiary/aromatic N) is 2. The maximum Gasteiger partial charge on any atom is 0.311 e. The molecule has 0 bridgehead atoms. The van der Waals surface area contributed by atoms with Crippen LogP contribution in [0.15, 0.2) is 17.7 Å². The van der Waals surface area contributed by atoms with E-state index in [0.717, 1.165) is 56.9 Å². The highest BCUT2D eigenvalue weighted by Crippen LogP contribution is 2.49. The quantitative estimate of drug-likeness (QED) is 0.117. The lowest BCUT2D eigenvalue weighted by atomic mass is 9.79. The molecular weight excluding hydrogens is 516 g/mol. The molecular formula is C34H50N2O3S. The number of carbonyl (C=O) groups excluding carboxylic acids is 1. The van der Waals surface area contributed by atoms with Gasteiger partial charge in [0.2, 0.25) is 0 Å². The molecule has 3 aliphatic heterocycles. The van der Waals surface area contributed by atoms with Crippen LogP contribution in [0.1, 0.15) is 96.6 Å². The number of thioether (sulfide) groups is 1. The molecule has 0 aromatic heterocycles. The molecule has 40 heavy (non-hydrogen) atoms. The van der Waals surface area contributed by atoms with Crippen molar-refractivity contribution in [3.05, 3.63) is 28.8 Å². The fourth-order valence-corrected chi connectivity index (χ4v) is 7.36. The molecule has 3 heterocycles. The second kappa shape index (κ2) is 14.3. The zero-order valence-corrected chi connectivity index (χ0v) is 26.3. The molecule has 3 aliphatic rings. The van der Waals surface area contributed by atoms with Crippen LogP contribution in [-0.4, -0.2) is 72.1 Å². The summed E-state index contributed by atoms with van der Waals surface area (Å²) in [5.74, 6) is 7.39. The van der Waals surface area contributed by atoms with Crippen LogP contribution in [0.2, 0.25) is 0 Å². The van der Waals surface area contributed by atoms with Crippen LogP contribution in [-0.2, 0) is 4.79 Å². The Kier molecular flexibility index (Phi) is 11.1. The molecule has 0 spiro atoms.